The lowest BCUT2D eigenvalue weighted by Crippen LogP contribution is -2.42. The van der Waals surface area contributed by atoms with E-state index >= 15 is 0 Å². The first-order chi connectivity index (χ1) is 8.74. The summed E-state index contributed by atoms with van der Waals surface area (Å²) in [6.07, 6.45) is 3.43. The van der Waals surface area contributed by atoms with E-state index in [1.165, 1.54) is 37.1 Å². The van der Waals surface area contributed by atoms with Gasteiger partial charge in [-0.2, -0.15) is 0 Å². The van der Waals surface area contributed by atoms with E-state index in [9.17, 15) is 9.18 Å². The van der Waals surface area contributed by atoms with Crippen LogP contribution in [0.5, 0.6) is 0 Å². The van der Waals surface area contributed by atoms with Crippen molar-refractivity contribution in [1.29, 1.82) is 0 Å². The first-order valence-corrected chi connectivity index (χ1v) is 6.54. The third-order valence-electron chi connectivity index (χ3n) is 4.03. The van der Waals surface area contributed by atoms with Crippen LogP contribution in [0.4, 0.5) is 4.39 Å². The highest BCUT2D eigenvalue weighted by molar-refractivity contribution is 5.94. The largest absolute Gasteiger partial charge is 0.348 e. The monoisotopic (exact) mass is 248 g/mol. The highest BCUT2D eigenvalue weighted by atomic mass is 19.1. The Morgan fingerprint density at radius 2 is 2.00 bits per heavy atom. The van der Waals surface area contributed by atoms with Crippen molar-refractivity contribution in [2.45, 2.75) is 31.3 Å². The molecule has 0 spiro atoms. The Morgan fingerprint density at radius 1 is 1.22 bits per heavy atom. The number of rotatable bonds is 2. The summed E-state index contributed by atoms with van der Waals surface area (Å²) in [5.74, 6) is -0.400. The molecule has 1 aromatic carbocycles. The van der Waals surface area contributed by atoms with Gasteiger partial charge in [-0.1, -0.05) is 0 Å². The summed E-state index contributed by atoms with van der Waals surface area (Å²) in [7, 11) is 0. The van der Waals surface area contributed by atoms with Gasteiger partial charge < -0.3 is 5.32 Å². The third kappa shape index (κ3) is 2.12. The molecular formula is C14H17FN2O. The summed E-state index contributed by atoms with van der Waals surface area (Å²) >= 11 is 0. The van der Waals surface area contributed by atoms with Crippen LogP contribution in [0.3, 0.4) is 0 Å². The van der Waals surface area contributed by atoms with Gasteiger partial charge in [0.2, 0.25) is 0 Å². The van der Waals surface area contributed by atoms with Gasteiger partial charge in [0.1, 0.15) is 5.82 Å². The summed E-state index contributed by atoms with van der Waals surface area (Å²) < 4.78 is 12.8. The molecule has 2 unspecified atom stereocenters. The number of nitrogens with one attached hydrogen (secondary N) is 1. The van der Waals surface area contributed by atoms with Crippen LogP contribution in [0.2, 0.25) is 0 Å². The molecule has 2 aliphatic heterocycles. The van der Waals surface area contributed by atoms with Crippen LogP contribution in [-0.4, -0.2) is 36.0 Å². The average molecular weight is 248 g/mol. The van der Waals surface area contributed by atoms with Crippen molar-refractivity contribution < 1.29 is 9.18 Å². The molecule has 1 aromatic rings. The fraction of sp³-hybridized carbons (Fsp3) is 0.500. The highest BCUT2D eigenvalue weighted by Gasteiger charge is 2.37. The minimum atomic E-state index is -0.311. The number of carbonyl (C=O) groups excluding carboxylic acids is 1. The molecule has 2 aliphatic rings. The molecule has 0 bridgehead atoms. The Balaban J connectivity index is 1.66. The summed E-state index contributed by atoms with van der Waals surface area (Å²) in [6.45, 7) is 2.24. The van der Waals surface area contributed by atoms with Crippen LogP contribution in [0.1, 0.15) is 29.6 Å². The lowest BCUT2D eigenvalue weighted by Gasteiger charge is -2.21. The number of halogens is 1. The van der Waals surface area contributed by atoms with Gasteiger partial charge in [0.05, 0.1) is 0 Å². The smallest absolute Gasteiger partial charge is 0.251 e. The van der Waals surface area contributed by atoms with E-state index in [1.807, 2.05) is 0 Å². The second-order valence-electron chi connectivity index (χ2n) is 5.12. The Hall–Kier alpha value is -1.42. The zero-order valence-electron chi connectivity index (χ0n) is 10.2. The van der Waals surface area contributed by atoms with Gasteiger partial charge in [-0.3, -0.25) is 9.69 Å². The van der Waals surface area contributed by atoms with Crippen molar-refractivity contribution in [2.24, 2.45) is 0 Å². The van der Waals surface area contributed by atoms with Gasteiger partial charge in [0.15, 0.2) is 0 Å². The topological polar surface area (TPSA) is 32.3 Å². The number of fused-ring (bicyclic) bond motifs is 1. The summed E-state index contributed by atoms with van der Waals surface area (Å²) in [4.78, 5) is 14.5. The van der Waals surface area contributed by atoms with E-state index in [0.29, 0.717) is 11.6 Å². The Kier molecular flexibility index (Phi) is 3.04. The van der Waals surface area contributed by atoms with Crippen molar-refractivity contribution in [1.82, 2.24) is 10.2 Å². The molecule has 18 heavy (non-hydrogen) atoms. The fourth-order valence-corrected chi connectivity index (χ4v) is 3.10. The van der Waals surface area contributed by atoms with Crippen LogP contribution in [0.25, 0.3) is 0 Å². The minimum absolute atomic E-state index is 0.0891. The Morgan fingerprint density at radius 3 is 2.78 bits per heavy atom. The maximum absolute atomic E-state index is 12.8. The zero-order chi connectivity index (χ0) is 12.5. The van der Waals surface area contributed by atoms with Gasteiger partial charge in [-0.05, 0) is 50.1 Å². The van der Waals surface area contributed by atoms with Crippen molar-refractivity contribution in [3.05, 3.63) is 35.6 Å². The van der Waals surface area contributed by atoms with Gasteiger partial charge >= 0.3 is 0 Å². The lowest BCUT2D eigenvalue weighted by molar-refractivity contribution is 0.0929. The first kappa shape index (κ1) is 11.7. The van der Waals surface area contributed by atoms with Gasteiger partial charge in [0.25, 0.3) is 5.91 Å². The first-order valence-electron chi connectivity index (χ1n) is 6.54. The molecule has 2 saturated heterocycles. The molecule has 0 aliphatic carbocycles. The van der Waals surface area contributed by atoms with Gasteiger partial charge in [-0.15, -0.1) is 0 Å². The summed E-state index contributed by atoms with van der Waals surface area (Å²) in [5.41, 5.74) is 0.535. The lowest BCUT2D eigenvalue weighted by atomic mass is 10.1. The van der Waals surface area contributed by atoms with Crippen LogP contribution >= 0.6 is 0 Å². The number of carbonyl (C=O) groups is 1. The number of hydrogen-bond donors (Lipinski definition) is 1. The van der Waals surface area contributed by atoms with Crippen molar-refractivity contribution in [3.63, 3.8) is 0 Å². The van der Waals surface area contributed by atoms with E-state index in [0.717, 1.165) is 19.5 Å². The molecular weight excluding hydrogens is 231 g/mol. The second kappa shape index (κ2) is 4.69. The zero-order valence-corrected chi connectivity index (χ0v) is 10.2. The Labute approximate surface area is 106 Å². The van der Waals surface area contributed by atoms with E-state index < -0.39 is 0 Å². The Bertz CT molecular complexity index is 446. The molecule has 2 atom stereocenters. The summed E-state index contributed by atoms with van der Waals surface area (Å²) in [5, 5.41) is 3.08. The molecule has 0 saturated carbocycles. The van der Waals surface area contributed by atoms with Gasteiger partial charge in [0, 0.05) is 24.2 Å². The predicted octanol–water partition coefficient (Wildman–Crippen LogP) is 1.79. The SMILES string of the molecule is O=C(NC1CCN2CCCC12)c1ccc(F)cc1. The van der Waals surface area contributed by atoms with Gasteiger partial charge in [-0.25, -0.2) is 4.39 Å². The second-order valence-corrected chi connectivity index (χ2v) is 5.12. The molecule has 3 nitrogen and oxygen atoms in total. The maximum atomic E-state index is 12.8. The molecule has 0 aromatic heterocycles. The van der Waals surface area contributed by atoms with Crippen LogP contribution in [-0.2, 0) is 0 Å². The molecule has 0 radical (unpaired) electrons. The minimum Gasteiger partial charge on any atom is -0.348 e. The van der Waals surface area contributed by atoms with Crippen molar-refractivity contribution in [2.75, 3.05) is 13.1 Å². The van der Waals surface area contributed by atoms with E-state index in [1.54, 1.807) is 0 Å². The number of benzene rings is 1. The fourth-order valence-electron chi connectivity index (χ4n) is 3.10. The quantitative estimate of drug-likeness (QED) is 0.865. The third-order valence-corrected chi connectivity index (χ3v) is 4.03. The van der Waals surface area contributed by atoms with Crippen molar-refractivity contribution in [3.8, 4) is 0 Å². The molecule has 3 rings (SSSR count). The molecule has 2 fully saturated rings. The molecule has 1 amide bonds. The van der Waals surface area contributed by atoms with Crippen LogP contribution in [0.15, 0.2) is 24.3 Å². The van der Waals surface area contributed by atoms with E-state index in [-0.39, 0.29) is 17.8 Å². The van der Waals surface area contributed by atoms with Crippen molar-refractivity contribution >= 4 is 5.91 Å². The average Bonchev–Trinajstić information content (AvgIpc) is 2.95. The predicted molar refractivity (Wildman–Crippen MR) is 66.9 cm³/mol. The maximum Gasteiger partial charge on any atom is 0.251 e. The summed E-state index contributed by atoms with van der Waals surface area (Å²) in [6, 6.07) is 6.48. The standard InChI is InChI=1S/C14H17FN2O/c15-11-5-3-10(4-6-11)14(18)16-12-7-9-17-8-1-2-13(12)17/h3-6,12-13H,1-2,7-9H2,(H,16,18). The van der Waals surface area contributed by atoms with Crippen LogP contribution in [0, 0.1) is 5.82 Å². The molecule has 1 N–H and O–H groups in total. The molecule has 2 heterocycles. The molecule has 96 valence electrons. The van der Waals surface area contributed by atoms with E-state index in [2.05, 4.69) is 10.2 Å². The number of nitrogens with zero attached hydrogens (tertiary/aromatic N) is 1. The number of amides is 1. The van der Waals surface area contributed by atoms with Crippen LogP contribution < -0.4 is 5.32 Å². The highest BCUT2D eigenvalue weighted by Crippen LogP contribution is 2.28. The number of hydrogen-bond acceptors (Lipinski definition) is 2. The van der Waals surface area contributed by atoms with E-state index in [4.69, 9.17) is 0 Å². The molecule has 4 heteroatoms. The normalized spacial score (nSPS) is 27.2.